The SMILES string of the molecule is O=C(NCC[C@H](O)C(=O)O)C1CCC(C(F)(F)F)CC1. The van der Waals surface area contributed by atoms with Gasteiger partial charge in [-0.05, 0) is 25.7 Å². The number of aliphatic carboxylic acids is 1. The Balaban J connectivity index is 2.28. The highest BCUT2D eigenvalue weighted by Crippen LogP contribution is 2.39. The zero-order valence-electron chi connectivity index (χ0n) is 10.8. The first-order valence-electron chi connectivity index (χ1n) is 6.47. The molecule has 1 aliphatic rings. The second-order valence-corrected chi connectivity index (χ2v) is 5.02. The number of carboxylic acid groups (broad SMARTS) is 1. The van der Waals surface area contributed by atoms with Gasteiger partial charge in [-0.1, -0.05) is 0 Å². The normalized spacial score (nSPS) is 25.0. The van der Waals surface area contributed by atoms with E-state index in [1.165, 1.54) is 0 Å². The lowest BCUT2D eigenvalue weighted by Crippen LogP contribution is -2.37. The molecule has 0 aromatic carbocycles. The third-order valence-corrected chi connectivity index (χ3v) is 3.56. The van der Waals surface area contributed by atoms with Crippen molar-refractivity contribution < 1.29 is 33.0 Å². The summed E-state index contributed by atoms with van der Waals surface area (Å²) in [5.41, 5.74) is 0. The molecule has 1 aliphatic carbocycles. The molecule has 1 amide bonds. The highest BCUT2D eigenvalue weighted by Gasteiger charge is 2.42. The first-order valence-corrected chi connectivity index (χ1v) is 6.47. The number of amides is 1. The number of hydrogen-bond donors (Lipinski definition) is 3. The third-order valence-electron chi connectivity index (χ3n) is 3.56. The number of hydrogen-bond acceptors (Lipinski definition) is 3. The first-order chi connectivity index (χ1) is 9.21. The summed E-state index contributed by atoms with van der Waals surface area (Å²) >= 11 is 0. The van der Waals surface area contributed by atoms with Gasteiger partial charge in [-0.25, -0.2) is 4.79 Å². The zero-order chi connectivity index (χ0) is 15.3. The number of rotatable bonds is 5. The summed E-state index contributed by atoms with van der Waals surface area (Å²) in [6, 6.07) is 0. The number of halogens is 3. The molecule has 0 saturated heterocycles. The molecule has 3 N–H and O–H groups in total. The molecule has 116 valence electrons. The van der Waals surface area contributed by atoms with Gasteiger partial charge in [0, 0.05) is 18.9 Å². The monoisotopic (exact) mass is 297 g/mol. The van der Waals surface area contributed by atoms with Crippen LogP contribution >= 0.6 is 0 Å². The highest BCUT2D eigenvalue weighted by atomic mass is 19.4. The second kappa shape index (κ2) is 6.92. The Morgan fingerprint density at radius 3 is 2.20 bits per heavy atom. The Morgan fingerprint density at radius 1 is 1.20 bits per heavy atom. The summed E-state index contributed by atoms with van der Waals surface area (Å²) in [5, 5.41) is 19.9. The summed E-state index contributed by atoms with van der Waals surface area (Å²) in [4.78, 5) is 22.0. The predicted molar refractivity (Wildman–Crippen MR) is 62.8 cm³/mol. The molecule has 5 nitrogen and oxygen atoms in total. The Hall–Kier alpha value is -1.31. The minimum Gasteiger partial charge on any atom is -0.479 e. The first kappa shape index (κ1) is 16.7. The fourth-order valence-electron chi connectivity index (χ4n) is 2.28. The van der Waals surface area contributed by atoms with Crippen LogP contribution in [0.5, 0.6) is 0 Å². The Labute approximate surface area is 114 Å². The van der Waals surface area contributed by atoms with Crippen LogP contribution in [0, 0.1) is 11.8 Å². The molecule has 1 atom stereocenters. The number of carbonyl (C=O) groups excluding carboxylic acids is 1. The van der Waals surface area contributed by atoms with Crippen molar-refractivity contribution in [2.45, 2.75) is 44.4 Å². The number of alkyl halides is 3. The standard InChI is InChI=1S/C12H18F3NO4/c13-12(14,15)8-3-1-7(2-4-8)10(18)16-6-5-9(17)11(19)20/h7-9,17H,1-6H2,(H,16,18)(H,19,20)/t7?,8?,9-/m0/s1. The van der Waals surface area contributed by atoms with E-state index in [0.29, 0.717) is 0 Å². The predicted octanol–water partition coefficient (Wildman–Crippen LogP) is 1.31. The Morgan fingerprint density at radius 2 is 1.75 bits per heavy atom. The van der Waals surface area contributed by atoms with E-state index in [1.807, 2.05) is 0 Å². The van der Waals surface area contributed by atoms with Crippen LogP contribution in [0.15, 0.2) is 0 Å². The van der Waals surface area contributed by atoms with Crippen LogP contribution in [0.1, 0.15) is 32.1 Å². The molecule has 0 aliphatic heterocycles. The lowest BCUT2D eigenvalue weighted by Gasteiger charge is -2.29. The van der Waals surface area contributed by atoms with Crippen LogP contribution in [-0.4, -0.2) is 40.9 Å². The van der Waals surface area contributed by atoms with Crippen LogP contribution < -0.4 is 5.32 Å². The van der Waals surface area contributed by atoms with Gasteiger partial charge in [0.2, 0.25) is 5.91 Å². The van der Waals surface area contributed by atoms with Gasteiger partial charge in [-0.15, -0.1) is 0 Å². The van der Waals surface area contributed by atoms with Crippen LogP contribution in [0.2, 0.25) is 0 Å². The van der Waals surface area contributed by atoms with Crippen LogP contribution in [0.25, 0.3) is 0 Å². The van der Waals surface area contributed by atoms with Crippen molar-refractivity contribution in [2.24, 2.45) is 11.8 Å². The molecule has 8 heteroatoms. The minimum atomic E-state index is -4.20. The van der Waals surface area contributed by atoms with Gasteiger partial charge in [0.1, 0.15) is 0 Å². The van der Waals surface area contributed by atoms with E-state index in [1.54, 1.807) is 0 Å². The fourth-order valence-corrected chi connectivity index (χ4v) is 2.28. The maximum atomic E-state index is 12.5. The van der Waals surface area contributed by atoms with E-state index in [-0.39, 0.29) is 44.6 Å². The van der Waals surface area contributed by atoms with Gasteiger partial charge in [-0.2, -0.15) is 13.2 Å². The molecule has 0 radical (unpaired) electrons. The van der Waals surface area contributed by atoms with Crippen molar-refractivity contribution in [1.82, 2.24) is 5.32 Å². The summed E-state index contributed by atoms with van der Waals surface area (Å²) in [6.45, 7) is -0.00843. The molecule has 0 spiro atoms. The molecule has 1 saturated carbocycles. The van der Waals surface area contributed by atoms with Crippen LogP contribution in [0.4, 0.5) is 13.2 Å². The fraction of sp³-hybridized carbons (Fsp3) is 0.833. The topological polar surface area (TPSA) is 86.6 Å². The highest BCUT2D eigenvalue weighted by molar-refractivity contribution is 5.78. The number of carbonyl (C=O) groups is 2. The van der Waals surface area contributed by atoms with Crippen molar-refractivity contribution >= 4 is 11.9 Å². The van der Waals surface area contributed by atoms with Gasteiger partial charge in [-0.3, -0.25) is 4.79 Å². The van der Waals surface area contributed by atoms with E-state index in [4.69, 9.17) is 10.2 Å². The molecule has 0 aromatic rings. The maximum absolute atomic E-state index is 12.5. The summed E-state index contributed by atoms with van der Waals surface area (Å²) in [5.74, 6) is -3.54. The Kier molecular flexibility index (Phi) is 5.79. The largest absolute Gasteiger partial charge is 0.479 e. The number of carboxylic acids is 1. The lowest BCUT2D eigenvalue weighted by molar-refractivity contribution is -0.184. The summed E-state index contributed by atoms with van der Waals surface area (Å²) < 4.78 is 37.4. The van der Waals surface area contributed by atoms with Gasteiger partial charge >= 0.3 is 12.1 Å². The molecular weight excluding hydrogens is 279 g/mol. The average Bonchev–Trinajstić information content (AvgIpc) is 2.37. The molecule has 1 fully saturated rings. The third kappa shape index (κ3) is 4.99. The van der Waals surface area contributed by atoms with Gasteiger partial charge in [0.25, 0.3) is 0 Å². The number of nitrogens with one attached hydrogen (secondary N) is 1. The molecule has 0 bridgehead atoms. The smallest absolute Gasteiger partial charge is 0.391 e. The Bertz CT molecular complexity index is 351. The maximum Gasteiger partial charge on any atom is 0.391 e. The molecule has 1 rings (SSSR count). The van der Waals surface area contributed by atoms with Gasteiger partial charge < -0.3 is 15.5 Å². The van der Waals surface area contributed by atoms with E-state index >= 15 is 0 Å². The number of aliphatic hydroxyl groups excluding tert-OH is 1. The summed E-state index contributed by atoms with van der Waals surface area (Å²) in [6.07, 6.45) is -5.63. The zero-order valence-corrected chi connectivity index (χ0v) is 10.8. The van der Waals surface area contributed by atoms with Crippen LogP contribution in [-0.2, 0) is 9.59 Å². The average molecular weight is 297 g/mol. The van der Waals surface area contributed by atoms with Crippen molar-refractivity contribution in [2.75, 3.05) is 6.54 Å². The second-order valence-electron chi connectivity index (χ2n) is 5.02. The molecule has 0 unspecified atom stereocenters. The molecule has 20 heavy (non-hydrogen) atoms. The van der Waals surface area contributed by atoms with E-state index in [2.05, 4.69) is 5.32 Å². The quantitative estimate of drug-likeness (QED) is 0.714. The van der Waals surface area contributed by atoms with E-state index in [0.717, 1.165) is 0 Å². The van der Waals surface area contributed by atoms with Crippen molar-refractivity contribution in [3.05, 3.63) is 0 Å². The van der Waals surface area contributed by atoms with E-state index in [9.17, 15) is 22.8 Å². The molecule has 0 aromatic heterocycles. The van der Waals surface area contributed by atoms with Crippen molar-refractivity contribution in [3.63, 3.8) is 0 Å². The lowest BCUT2D eigenvalue weighted by atomic mass is 9.81. The van der Waals surface area contributed by atoms with Gasteiger partial charge in [0.15, 0.2) is 6.10 Å². The van der Waals surface area contributed by atoms with Crippen molar-refractivity contribution in [3.8, 4) is 0 Å². The number of aliphatic hydroxyl groups is 1. The molecular formula is C12H18F3NO4. The summed E-state index contributed by atoms with van der Waals surface area (Å²) in [7, 11) is 0. The van der Waals surface area contributed by atoms with Crippen LogP contribution in [0.3, 0.4) is 0 Å². The molecule has 0 heterocycles. The van der Waals surface area contributed by atoms with Gasteiger partial charge in [0.05, 0.1) is 5.92 Å². The minimum absolute atomic E-state index is 0.00843. The van der Waals surface area contributed by atoms with Crippen molar-refractivity contribution in [1.29, 1.82) is 0 Å². The van der Waals surface area contributed by atoms with E-state index < -0.39 is 30.1 Å².